The summed E-state index contributed by atoms with van der Waals surface area (Å²) >= 11 is 0. The zero-order valence-electron chi connectivity index (χ0n) is 14.4. The van der Waals surface area contributed by atoms with Crippen molar-refractivity contribution >= 4 is 29.4 Å². The van der Waals surface area contributed by atoms with Gasteiger partial charge in [-0.1, -0.05) is 18.2 Å². The Labute approximate surface area is 155 Å². The number of aliphatic carboxylic acids is 1. The van der Waals surface area contributed by atoms with E-state index in [0.29, 0.717) is 11.4 Å². The number of anilines is 1. The largest absolute Gasteiger partial charge is 0.550 e. The van der Waals surface area contributed by atoms with E-state index in [2.05, 4.69) is 0 Å². The van der Waals surface area contributed by atoms with Gasteiger partial charge in [0.15, 0.2) is 0 Å². The number of imide groups is 1. The molecule has 1 atom stereocenters. The second kappa shape index (κ2) is 7.86. The van der Waals surface area contributed by atoms with Crippen LogP contribution in [0.4, 0.5) is 5.69 Å². The molecule has 27 heavy (non-hydrogen) atoms. The van der Waals surface area contributed by atoms with Gasteiger partial charge in [-0.3, -0.25) is 14.4 Å². The molecule has 0 aliphatic carbocycles. The fourth-order valence-corrected chi connectivity index (χ4v) is 3.00. The van der Waals surface area contributed by atoms with Crippen molar-refractivity contribution < 1.29 is 28.7 Å². The number of furan rings is 1. The van der Waals surface area contributed by atoms with Crippen molar-refractivity contribution in [1.82, 2.24) is 4.90 Å². The second-order valence-corrected chi connectivity index (χ2v) is 6.10. The molecular formula is C19H17N2O6-. The highest BCUT2D eigenvalue weighted by Crippen LogP contribution is 2.27. The fourth-order valence-electron chi connectivity index (χ4n) is 3.00. The summed E-state index contributed by atoms with van der Waals surface area (Å²) < 4.78 is 5.24. The molecule has 2 heterocycles. The molecular weight excluding hydrogens is 352 g/mol. The average Bonchev–Trinajstić information content (AvgIpc) is 3.26. The van der Waals surface area contributed by atoms with E-state index < -0.39 is 36.2 Å². The molecule has 0 saturated carbocycles. The van der Waals surface area contributed by atoms with Crippen LogP contribution in [0, 0.1) is 0 Å². The van der Waals surface area contributed by atoms with Gasteiger partial charge in [0.2, 0.25) is 11.8 Å². The van der Waals surface area contributed by atoms with E-state index in [-0.39, 0.29) is 19.4 Å². The summed E-state index contributed by atoms with van der Waals surface area (Å²) in [5.74, 6) is -2.44. The van der Waals surface area contributed by atoms with Gasteiger partial charge in [0.25, 0.3) is 5.91 Å². The maximum absolute atomic E-state index is 12.9. The van der Waals surface area contributed by atoms with Crippen LogP contribution in [0.15, 0.2) is 53.1 Å². The number of carbonyl (C=O) groups excluding carboxylic acids is 4. The number of carboxylic acid groups (broad SMARTS) is 1. The Balaban J connectivity index is 1.85. The molecule has 0 N–H and O–H groups in total. The second-order valence-electron chi connectivity index (χ2n) is 6.10. The third-order valence-corrected chi connectivity index (χ3v) is 4.28. The molecule has 8 nitrogen and oxygen atoms in total. The topological polar surface area (TPSA) is 111 Å². The molecule has 0 radical (unpaired) electrons. The molecule has 1 saturated heterocycles. The third kappa shape index (κ3) is 4.05. The standard InChI is InChI=1S/C19H18N2O6/c22-16(8-9-18(24)25)20(12-14-7-4-10-27-14)15-11-17(23)21(19(15)26)13-5-2-1-3-6-13/h1-7,10,15H,8-9,11-12H2,(H,24,25)/p-1/t15-/m1/s1. The molecule has 140 valence electrons. The first kappa shape index (κ1) is 18.4. The number of benzene rings is 1. The smallest absolute Gasteiger partial charge is 0.257 e. The minimum Gasteiger partial charge on any atom is -0.550 e. The van der Waals surface area contributed by atoms with Crippen LogP contribution in [0.3, 0.4) is 0 Å². The van der Waals surface area contributed by atoms with Crippen LogP contribution in [-0.4, -0.2) is 34.6 Å². The minimum atomic E-state index is -1.36. The molecule has 1 aromatic carbocycles. The number of nitrogens with zero attached hydrogens (tertiary/aromatic N) is 2. The maximum atomic E-state index is 12.9. The van der Waals surface area contributed by atoms with E-state index in [0.717, 1.165) is 4.90 Å². The number of carboxylic acids is 1. The van der Waals surface area contributed by atoms with Gasteiger partial charge >= 0.3 is 0 Å². The van der Waals surface area contributed by atoms with Crippen molar-refractivity contribution in [3.05, 3.63) is 54.5 Å². The van der Waals surface area contributed by atoms with Gasteiger partial charge in [0, 0.05) is 12.4 Å². The highest BCUT2D eigenvalue weighted by atomic mass is 16.4. The van der Waals surface area contributed by atoms with Gasteiger partial charge in [0.05, 0.1) is 24.9 Å². The molecule has 0 spiro atoms. The summed E-state index contributed by atoms with van der Waals surface area (Å²) in [5, 5.41) is 10.7. The van der Waals surface area contributed by atoms with Crippen LogP contribution in [0.5, 0.6) is 0 Å². The van der Waals surface area contributed by atoms with E-state index in [4.69, 9.17) is 4.42 Å². The van der Waals surface area contributed by atoms with Gasteiger partial charge in [-0.05, 0) is 30.7 Å². The lowest BCUT2D eigenvalue weighted by Gasteiger charge is -2.27. The van der Waals surface area contributed by atoms with Crippen molar-refractivity contribution in [1.29, 1.82) is 0 Å². The Kier molecular flexibility index (Phi) is 5.35. The summed E-state index contributed by atoms with van der Waals surface area (Å²) in [4.78, 5) is 50.8. The van der Waals surface area contributed by atoms with Crippen LogP contribution in [-0.2, 0) is 25.7 Å². The number of rotatable bonds is 7. The molecule has 8 heteroatoms. The monoisotopic (exact) mass is 369 g/mol. The lowest BCUT2D eigenvalue weighted by molar-refractivity contribution is -0.305. The number of hydrogen-bond donors (Lipinski definition) is 0. The molecule has 1 fully saturated rings. The predicted octanol–water partition coefficient (Wildman–Crippen LogP) is 0.470. The molecule has 0 bridgehead atoms. The predicted molar refractivity (Wildman–Crippen MR) is 90.8 cm³/mol. The first-order valence-corrected chi connectivity index (χ1v) is 8.41. The van der Waals surface area contributed by atoms with Crippen molar-refractivity contribution in [2.45, 2.75) is 31.8 Å². The first-order valence-electron chi connectivity index (χ1n) is 8.41. The quantitative estimate of drug-likeness (QED) is 0.656. The van der Waals surface area contributed by atoms with E-state index in [1.54, 1.807) is 42.5 Å². The lowest BCUT2D eigenvalue weighted by atomic mass is 10.1. The molecule has 1 aliphatic rings. The molecule has 0 unspecified atom stereocenters. The zero-order valence-corrected chi connectivity index (χ0v) is 14.4. The molecule has 3 rings (SSSR count). The van der Waals surface area contributed by atoms with Gasteiger partial charge in [-0.15, -0.1) is 0 Å². The molecule has 3 amide bonds. The van der Waals surface area contributed by atoms with Crippen molar-refractivity contribution in [2.24, 2.45) is 0 Å². The number of hydrogen-bond acceptors (Lipinski definition) is 6. The summed E-state index contributed by atoms with van der Waals surface area (Å²) in [7, 11) is 0. The third-order valence-electron chi connectivity index (χ3n) is 4.28. The lowest BCUT2D eigenvalue weighted by Crippen LogP contribution is -2.45. The van der Waals surface area contributed by atoms with E-state index >= 15 is 0 Å². The average molecular weight is 369 g/mol. The van der Waals surface area contributed by atoms with Crippen molar-refractivity contribution in [3.8, 4) is 0 Å². The number of carbonyl (C=O) groups is 4. The van der Waals surface area contributed by atoms with Gasteiger partial charge < -0.3 is 19.2 Å². The van der Waals surface area contributed by atoms with Crippen molar-refractivity contribution in [2.75, 3.05) is 4.90 Å². The summed E-state index contributed by atoms with van der Waals surface area (Å²) in [6.45, 7) is -0.0365. The van der Waals surface area contributed by atoms with Gasteiger partial charge in [-0.25, -0.2) is 4.90 Å². The number of amides is 3. The Morgan fingerprint density at radius 1 is 1.11 bits per heavy atom. The molecule has 1 aliphatic heterocycles. The zero-order chi connectivity index (χ0) is 19.4. The SMILES string of the molecule is O=C([O-])CCC(=O)N(Cc1ccco1)[C@@H]1CC(=O)N(c2ccccc2)C1=O. The first-order chi connectivity index (χ1) is 13.0. The van der Waals surface area contributed by atoms with Crippen molar-refractivity contribution in [3.63, 3.8) is 0 Å². The van der Waals surface area contributed by atoms with E-state index in [9.17, 15) is 24.3 Å². The van der Waals surface area contributed by atoms with E-state index in [1.165, 1.54) is 11.2 Å². The van der Waals surface area contributed by atoms with E-state index in [1.807, 2.05) is 0 Å². The van der Waals surface area contributed by atoms with Gasteiger partial charge in [-0.2, -0.15) is 0 Å². The van der Waals surface area contributed by atoms with Crippen LogP contribution < -0.4 is 10.0 Å². The maximum Gasteiger partial charge on any atom is 0.257 e. The number of para-hydroxylation sites is 1. The van der Waals surface area contributed by atoms with Crippen LogP contribution in [0.25, 0.3) is 0 Å². The molecule has 1 aromatic heterocycles. The van der Waals surface area contributed by atoms with Gasteiger partial charge in [0.1, 0.15) is 11.8 Å². The Bertz CT molecular complexity index is 846. The van der Waals surface area contributed by atoms with Crippen LogP contribution in [0.2, 0.25) is 0 Å². The Morgan fingerprint density at radius 3 is 2.48 bits per heavy atom. The highest BCUT2D eigenvalue weighted by Gasteiger charge is 2.44. The summed E-state index contributed by atoms with van der Waals surface area (Å²) in [6.07, 6.45) is 0.458. The Morgan fingerprint density at radius 2 is 1.85 bits per heavy atom. The van der Waals surface area contributed by atoms with Crippen LogP contribution in [0.1, 0.15) is 25.0 Å². The normalized spacial score (nSPS) is 16.6. The fraction of sp³-hybridized carbons (Fsp3) is 0.263. The van der Waals surface area contributed by atoms with Crippen LogP contribution >= 0.6 is 0 Å². The highest BCUT2D eigenvalue weighted by molar-refractivity contribution is 6.23. The Hall–Kier alpha value is -3.42. The summed E-state index contributed by atoms with van der Waals surface area (Å²) in [5.41, 5.74) is 0.426. The minimum absolute atomic E-state index is 0.0365. The summed E-state index contributed by atoms with van der Waals surface area (Å²) in [6, 6.07) is 10.7. The molecule has 2 aromatic rings.